The Morgan fingerprint density at radius 3 is 1.98 bits per heavy atom. The standard InChI is InChI=1S/C36H49N5O6/c1-7-32(46-23-28(5)44)18-17-25(2)19-40(20-26(3)42)35-37-34(30-13-9-8-10-14-30)38-36(39-35)41(21-27(4)43)22-31-15-11-12-16-33(31)47-24-29(6)45/h7-18,26-29,42-45H,2,19-24H2,1,3-6H3/b18-17-,32-7+. The van der Waals surface area contributed by atoms with E-state index in [0.29, 0.717) is 47.9 Å². The van der Waals surface area contributed by atoms with Crippen molar-refractivity contribution < 1.29 is 29.9 Å². The van der Waals surface area contributed by atoms with Gasteiger partial charge in [-0.05, 0) is 58.4 Å². The molecule has 2 aromatic carbocycles. The van der Waals surface area contributed by atoms with Crippen molar-refractivity contribution in [1.29, 1.82) is 0 Å². The van der Waals surface area contributed by atoms with Crippen molar-refractivity contribution in [2.75, 3.05) is 42.6 Å². The Bertz CT molecular complexity index is 1460. The molecule has 3 rings (SSSR count). The quantitative estimate of drug-likeness (QED) is 0.109. The third kappa shape index (κ3) is 12.8. The highest BCUT2D eigenvalue weighted by Gasteiger charge is 2.22. The molecule has 0 radical (unpaired) electrons. The van der Waals surface area contributed by atoms with Crippen LogP contribution in [-0.2, 0) is 11.3 Å². The predicted molar refractivity (Wildman–Crippen MR) is 185 cm³/mol. The van der Waals surface area contributed by atoms with Crippen molar-refractivity contribution in [1.82, 2.24) is 15.0 Å². The van der Waals surface area contributed by atoms with Gasteiger partial charge in [-0.25, -0.2) is 0 Å². The average Bonchev–Trinajstić information content (AvgIpc) is 3.03. The summed E-state index contributed by atoms with van der Waals surface area (Å²) in [7, 11) is 0. The number of benzene rings is 2. The molecular formula is C36H49N5O6. The summed E-state index contributed by atoms with van der Waals surface area (Å²) >= 11 is 0. The summed E-state index contributed by atoms with van der Waals surface area (Å²) in [5.41, 5.74) is 2.31. The molecule has 4 unspecified atom stereocenters. The number of aromatic nitrogens is 3. The van der Waals surface area contributed by atoms with Crippen molar-refractivity contribution in [2.24, 2.45) is 0 Å². The first-order chi connectivity index (χ1) is 22.4. The van der Waals surface area contributed by atoms with Crippen LogP contribution in [0, 0.1) is 0 Å². The summed E-state index contributed by atoms with van der Waals surface area (Å²) in [6, 6.07) is 17.1. The highest BCUT2D eigenvalue weighted by atomic mass is 16.5. The summed E-state index contributed by atoms with van der Waals surface area (Å²) in [5, 5.41) is 40.4. The van der Waals surface area contributed by atoms with Gasteiger partial charge in [0.25, 0.3) is 0 Å². The molecule has 0 aliphatic carbocycles. The summed E-state index contributed by atoms with van der Waals surface area (Å²) in [6.45, 7) is 14.1. The molecule has 0 saturated heterocycles. The molecular weight excluding hydrogens is 598 g/mol. The molecule has 0 fully saturated rings. The van der Waals surface area contributed by atoms with Crippen LogP contribution in [-0.4, -0.2) is 92.6 Å². The van der Waals surface area contributed by atoms with Crippen LogP contribution in [0.5, 0.6) is 5.75 Å². The average molecular weight is 648 g/mol. The molecule has 0 aliphatic heterocycles. The van der Waals surface area contributed by atoms with Crippen LogP contribution >= 0.6 is 0 Å². The van der Waals surface area contributed by atoms with Crippen LogP contribution in [0.25, 0.3) is 11.4 Å². The van der Waals surface area contributed by atoms with Gasteiger partial charge in [-0.2, -0.15) is 15.0 Å². The Labute approximate surface area is 278 Å². The first-order valence-corrected chi connectivity index (χ1v) is 15.8. The van der Waals surface area contributed by atoms with E-state index in [1.54, 1.807) is 39.8 Å². The molecule has 0 spiro atoms. The van der Waals surface area contributed by atoms with Gasteiger partial charge in [0.05, 0.1) is 24.4 Å². The minimum Gasteiger partial charge on any atom is -0.491 e. The van der Waals surface area contributed by atoms with Gasteiger partial charge in [0.2, 0.25) is 11.9 Å². The summed E-state index contributed by atoms with van der Waals surface area (Å²) in [5.74, 6) is 2.29. The molecule has 0 bridgehead atoms. The fraction of sp³-hybridized carbons (Fsp3) is 0.417. The van der Waals surface area contributed by atoms with E-state index < -0.39 is 24.4 Å². The first kappa shape index (κ1) is 37.2. The largest absolute Gasteiger partial charge is 0.491 e. The summed E-state index contributed by atoms with van der Waals surface area (Å²) in [4.78, 5) is 18.2. The van der Waals surface area contributed by atoms with Gasteiger partial charge in [-0.1, -0.05) is 61.2 Å². The van der Waals surface area contributed by atoms with Gasteiger partial charge in [-0.15, -0.1) is 0 Å². The van der Waals surface area contributed by atoms with Crippen LogP contribution in [0.3, 0.4) is 0 Å². The van der Waals surface area contributed by atoms with Crippen molar-refractivity contribution >= 4 is 11.9 Å². The van der Waals surface area contributed by atoms with Gasteiger partial charge in [-0.3, -0.25) is 0 Å². The lowest BCUT2D eigenvalue weighted by Crippen LogP contribution is -2.36. The zero-order valence-electron chi connectivity index (χ0n) is 28.0. The Morgan fingerprint density at radius 1 is 0.766 bits per heavy atom. The van der Waals surface area contributed by atoms with E-state index in [1.165, 1.54) is 0 Å². The van der Waals surface area contributed by atoms with Crippen LogP contribution in [0.2, 0.25) is 0 Å². The monoisotopic (exact) mass is 647 g/mol. The summed E-state index contributed by atoms with van der Waals surface area (Å²) < 4.78 is 11.5. The normalized spacial score (nSPS) is 14.4. The Morgan fingerprint density at radius 2 is 1.36 bits per heavy atom. The molecule has 1 aromatic heterocycles. The van der Waals surface area contributed by atoms with Gasteiger partial charge in [0.15, 0.2) is 5.82 Å². The van der Waals surface area contributed by atoms with E-state index >= 15 is 0 Å². The molecule has 11 heteroatoms. The number of aliphatic hydroxyl groups excluding tert-OH is 4. The molecule has 254 valence electrons. The lowest BCUT2D eigenvalue weighted by molar-refractivity contribution is 0.0881. The minimum absolute atomic E-state index is 0.135. The fourth-order valence-electron chi connectivity index (χ4n) is 4.56. The Kier molecular flexibility index (Phi) is 14.8. The Balaban J connectivity index is 2.05. The topological polar surface area (TPSA) is 145 Å². The van der Waals surface area contributed by atoms with Gasteiger partial charge in [0, 0.05) is 37.3 Å². The van der Waals surface area contributed by atoms with Crippen LogP contribution in [0.4, 0.5) is 11.9 Å². The SMILES string of the molecule is C=C(/C=C\C(=C/C)OCC(C)O)CN(CC(C)O)c1nc(-c2ccccc2)nc(N(Cc2ccccc2OCC(C)O)CC(C)O)n1. The second-order valence-corrected chi connectivity index (χ2v) is 11.7. The number of para-hydroxylation sites is 1. The van der Waals surface area contributed by atoms with E-state index in [4.69, 9.17) is 24.4 Å². The zero-order chi connectivity index (χ0) is 34.3. The van der Waals surface area contributed by atoms with Crippen LogP contribution in [0.1, 0.15) is 40.2 Å². The molecule has 11 nitrogen and oxygen atoms in total. The maximum atomic E-state index is 10.5. The van der Waals surface area contributed by atoms with Crippen molar-refractivity contribution in [3.63, 3.8) is 0 Å². The Hall–Kier alpha value is -4.29. The van der Waals surface area contributed by atoms with Gasteiger partial charge < -0.3 is 39.7 Å². The highest BCUT2D eigenvalue weighted by molar-refractivity contribution is 5.59. The predicted octanol–water partition coefficient (Wildman–Crippen LogP) is 4.29. The van der Waals surface area contributed by atoms with E-state index in [1.807, 2.05) is 77.4 Å². The smallest absolute Gasteiger partial charge is 0.231 e. The molecule has 1 heterocycles. The van der Waals surface area contributed by atoms with Crippen LogP contribution in [0.15, 0.2) is 90.7 Å². The molecule has 4 atom stereocenters. The molecule has 4 N–H and O–H groups in total. The minimum atomic E-state index is -0.712. The number of anilines is 2. The number of hydrogen-bond donors (Lipinski definition) is 4. The van der Waals surface area contributed by atoms with E-state index in [9.17, 15) is 20.4 Å². The third-order valence-corrected chi connectivity index (χ3v) is 6.65. The maximum Gasteiger partial charge on any atom is 0.231 e. The van der Waals surface area contributed by atoms with Crippen molar-refractivity contribution in [3.8, 4) is 17.1 Å². The van der Waals surface area contributed by atoms with Crippen molar-refractivity contribution in [3.05, 3.63) is 96.3 Å². The third-order valence-electron chi connectivity index (χ3n) is 6.65. The first-order valence-electron chi connectivity index (χ1n) is 15.8. The number of allylic oxidation sites excluding steroid dienone is 2. The number of rotatable bonds is 19. The number of nitrogens with zero attached hydrogens (tertiary/aromatic N) is 5. The fourth-order valence-corrected chi connectivity index (χ4v) is 4.56. The molecule has 0 amide bonds. The zero-order valence-corrected chi connectivity index (χ0v) is 28.0. The number of ether oxygens (including phenoxy) is 2. The maximum absolute atomic E-state index is 10.5. The molecule has 0 saturated carbocycles. The second kappa shape index (κ2) is 18.8. The van der Waals surface area contributed by atoms with Crippen LogP contribution < -0.4 is 14.5 Å². The lowest BCUT2D eigenvalue weighted by atomic mass is 10.2. The lowest BCUT2D eigenvalue weighted by Gasteiger charge is -2.28. The molecule has 3 aromatic rings. The second-order valence-electron chi connectivity index (χ2n) is 11.7. The molecule has 47 heavy (non-hydrogen) atoms. The molecule has 0 aliphatic rings. The number of hydrogen-bond acceptors (Lipinski definition) is 11. The van der Waals surface area contributed by atoms with E-state index in [-0.39, 0.29) is 26.3 Å². The number of aliphatic hydroxyl groups is 4. The van der Waals surface area contributed by atoms with Crippen molar-refractivity contribution in [2.45, 2.75) is 65.6 Å². The van der Waals surface area contributed by atoms with Gasteiger partial charge in [0.1, 0.15) is 24.7 Å². The van der Waals surface area contributed by atoms with E-state index in [0.717, 1.165) is 11.1 Å². The highest BCUT2D eigenvalue weighted by Crippen LogP contribution is 2.26. The van der Waals surface area contributed by atoms with E-state index in [2.05, 4.69) is 6.58 Å². The van der Waals surface area contributed by atoms with Gasteiger partial charge >= 0.3 is 0 Å². The summed E-state index contributed by atoms with van der Waals surface area (Å²) in [6.07, 6.45) is 2.74.